The number of carbonyl (C=O) groups excluding carboxylic acids is 1. The summed E-state index contributed by atoms with van der Waals surface area (Å²) in [5, 5.41) is 11.3. The molecule has 2 atom stereocenters. The molecule has 0 aromatic rings. The van der Waals surface area contributed by atoms with Crippen molar-refractivity contribution in [2.45, 2.75) is 39.8 Å². The van der Waals surface area contributed by atoms with Crippen LogP contribution in [0.1, 0.15) is 27.7 Å². The van der Waals surface area contributed by atoms with Crippen molar-refractivity contribution in [1.82, 2.24) is 5.32 Å². The standard InChI is InChI=1S/C9H20N2O2/c1-6(5-12)11-8(13)7(10)9(2,3)4/h6-7,12H,5,10H2,1-4H3,(H,11,13)/t6-,7?/m1/s1. The zero-order chi connectivity index (χ0) is 10.6. The van der Waals surface area contributed by atoms with E-state index >= 15 is 0 Å². The fraction of sp³-hybridized carbons (Fsp3) is 0.889. The van der Waals surface area contributed by atoms with E-state index in [4.69, 9.17) is 10.8 Å². The van der Waals surface area contributed by atoms with Gasteiger partial charge in [0, 0.05) is 6.04 Å². The van der Waals surface area contributed by atoms with Crippen molar-refractivity contribution in [3.8, 4) is 0 Å². The molecule has 78 valence electrons. The summed E-state index contributed by atoms with van der Waals surface area (Å²) in [6.45, 7) is 7.37. The topological polar surface area (TPSA) is 75.3 Å². The molecule has 13 heavy (non-hydrogen) atoms. The summed E-state index contributed by atoms with van der Waals surface area (Å²) >= 11 is 0. The van der Waals surface area contributed by atoms with E-state index in [0.717, 1.165) is 0 Å². The van der Waals surface area contributed by atoms with Crippen LogP contribution in [0.25, 0.3) is 0 Å². The highest BCUT2D eigenvalue weighted by Crippen LogP contribution is 2.17. The van der Waals surface area contributed by atoms with Gasteiger partial charge in [-0.3, -0.25) is 4.79 Å². The second-order valence-electron chi connectivity index (χ2n) is 4.44. The Morgan fingerprint density at radius 3 is 2.31 bits per heavy atom. The molecule has 0 aliphatic rings. The summed E-state index contributed by atoms with van der Waals surface area (Å²) in [6.07, 6.45) is 0. The van der Waals surface area contributed by atoms with Gasteiger partial charge in [-0.05, 0) is 12.3 Å². The Morgan fingerprint density at radius 1 is 1.54 bits per heavy atom. The largest absolute Gasteiger partial charge is 0.394 e. The van der Waals surface area contributed by atoms with E-state index in [-0.39, 0.29) is 24.0 Å². The third-order valence-electron chi connectivity index (χ3n) is 1.88. The van der Waals surface area contributed by atoms with Crippen LogP contribution in [-0.4, -0.2) is 29.7 Å². The van der Waals surface area contributed by atoms with Crippen molar-refractivity contribution in [3.05, 3.63) is 0 Å². The number of hydrogen-bond donors (Lipinski definition) is 3. The molecule has 0 aromatic carbocycles. The summed E-state index contributed by atoms with van der Waals surface area (Å²) in [5.41, 5.74) is 5.45. The Morgan fingerprint density at radius 2 is 2.00 bits per heavy atom. The van der Waals surface area contributed by atoms with Gasteiger partial charge in [-0.25, -0.2) is 0 Å². The number of aliphatic hydroxyl groups excluding tert-OH is 1. The lowest BCUT2D eigenvalue weighted by Crippen LogP contribution is -2.51. The van der Waals surface area contributed by atoms with E-state index in [0.29, 0.717) is 0 Å². The average Bonchev–Trinajstić information content (AvgIpc) is 2.01. The highest BCUT2D eigenvalue weighted by atomic mass is 16.3. The molecule has 1 unspecified atom stereocenters. The zero-order valence-corrected chi connectivity index (χ0v) is 8.79. The number of hydrogen-bond acceptors (Lipinski definition) is 3. The first-order chi connectivity index (χ1) is 5.79. The maximum atomic E-state index is 11.4. The Labute approximate surface area is 79.5 Å². The van der Waals surface area contributed by atoms with Gasteiger partial charge in [0.15, 0.2) is 0 Å². The van der Waals surface area contributed by atoms with Gasteiger partial charge in [0.2, 0.25) is 5.91 Å². The number of carbonyl (C=O) groups is 1. The van der Waals surface area contributed by atoms with Crippen molar-refractivity contribution >= 4 is 5.91 Å². The van der Waals surface area contributed by atoms with Gasteiger partial charge in [-0.15, -0.1) is 0 Å². The molecule has 0 saturated heterocycles. The lowest BCUT2D eigenvalue weighted by Gasteiger charge is -2.26. The third kappa shape index (κ3) is 4.24. The molecule has 0 aliphatic heterocycles. The molecule has 0 radical (unpaired) electrons. The van der Waals surface area contributed by atoms with E-state index in [2.05, 4.69) is 5.32 Å². The summed E-state index contributed by atoms with van der Waals surface area (Å²) in [4.78, 5) is 11.4. The molecule has 0 rings (SSSR count). The molecule has 4 N–H and O–H groups in total. The smallest absolute Gasteiger partial charge is 0.237 e. The number of aliphatic hydroxyl groups is 1. The SMILES string of the molecule is C[C@H](CO)NC(=O)C(N)C(C)(C)C. The van der Waals surface area contributed by atoms with E-state index in [1.165, 1.54) is 0 Å². The fourth-order valence-electron chi connectivity index (χ4n) is 0.772. The summed E-state index contributed by atoms with van der Waals surface area (Å²) in [5.74, 6) is -0.214. The van der Waals surface area contributed by atoms with Crippen LogP contribution in [0.15, 0.2) is 0 Å². The predicted octanol–water partition coefficient (Wildman–Crippen LogP) is -0.143. The highest BCUT2D eigenvalue weighted by Gasteiger charge is 2.27. The normalized spacial score (nSPS) is 16.5. The van der Waals surface area contributed by atoms with E-state index in [1.807, 2.05) is 20.8 Å². The first-order valence-corrected chi connectivity index (χ1v) is 4.46. The number of nitrogens with one attached hydrogen (secondary N) is 1. The van der Waals surface area contributed by atoms with Crippen LogP contribution in [0.5, 0.6) is 0 Å². The zero-order valence-electron chi connectivity index (χ0n) is 8.79. The minimum Gasteiger partial charge on any atom is -0.394 e. The van der Waals surface area contributed by atoms with Crippen molar-refractivity contribution < 1.29 is 9.90 Å². The third-order valence-corrected chi connectivity index (χ3v) is 1.88. The molecule has 0 saturated carbocycles. The van der Waals surface area contributed by atoms with Crippen LogP contribution in [0, 0.1) is 5.41 Å². The van der Waals surface area contributed by atoms with Gasteiger partial charge in [-0.1, -0.05) is 20.8 Å². The van der Waals surface area contributed by atoms with E-state index < -0.39 is 6.04 Å². The monoisotopic (exact) mass is 188 g/mol. The fourth-order valence-corrected chi connectivity index (χ4v) is 0.772. The minimum atomic E-state index is -0.540. The predicted molar refractivity (Wildman–Crippen MR) is 52.1 cm³/mol. The van der Waals surface area contributed by atoms with Gasteiger partial charge in [0.25, 0.3) is 0 Å². The van der Waals surface area contributed by atoms with Crippen molar-refractivity contribution in [2.24, 2.45) is 11.1 Å². The Bertz CT molecular complexity index is 175. The van der Waals surface area contributed by atoms with Crippen molar-refractivity contribution in [2.75, 3.05) is 6.61 Å². The Kier molecular flexibility index (Phi) is 4.36. The van der Waals surface area contributed by atoms with Crippen LogP contribution >= 0.6 is 0 Å². The number of amides is 1. The lowest BCUT2D eigenvalue weighted by atomic mass is 9.87. The summed E-state index contributed by atoms with van der Waals surface area (Å²) in [6, 6.07) is -0.776. The van der Waals surface area contributed by atoms with Gasteiger partial charge in [0.1, 0.15) is 0 Å². The van der Waals surface area contributed by atoms with E-state index in [9.17, 15) is 4.79 Å². The molecule has 0 fully saturated rings. The molecule has 4 heteroatoms. The molecular formula is C9H20N2O2. The van der Waals surface area contributed by atoms with Crippen molar-refractivity contribution in [3.63, 3.8) is 0 Å². The molecule has 0 aliphatic carbocycles. The van der Waals surface area contributed by atoms with Crippen molar-refractivity contribution in [1.29, 1.82) is 0 Å². The molecular weight excluding hydrogens is 168 g/mol. The highest BCUT2D eigenvalue weighted by molar-refractivity contribution is 5.82. The Balaban J connectivity index is 4.12. The molecule has 4 nitrogen and oxygen atoms in total. The number of rotatable bonds is 3. The molecule has 0 spiro atoms. The molecule has 1 amide bonds. The average molecular weight is 188 g/mol. The lowest BCUT2D eigenvalue weighted by molar-refractivity contribution is -0.125. The maximum absolute atomic E-state index is 11.4. The van der Waals surface area contributed by atoms with Crippen LogP contribution in [0.2, 0.25) is 0 Å². The van der Waals surface area contributed by atoms with Gasteiger partial charge >= 0.3 is 0 Å². The number of nitrogens with two attached hydrogens (primary N) is 1. The van der Waals surface area contributed by atoms with Gasteiger partial charge < -0.3 is 16.2 Å². The summed E-state index contributed by atoms with van der Waals surface area (Å²) in [7, 11) is 0. The summed E-state index contributed by atoms with van der Waals surface area (Å²) < 4.78 is 0. The maximum Gasteiger partial charge on any atom is 0.237 e. The van der Waals surface area contributed by atoms with E-state index in [1.54, 1.807) is 6.92 Å². The van der Waals surface area contributed by atoms with Crippen LogP contribution in [-0.2, 0) is 4.79 Å². The second-order valence-corrected chi connectivity index (χ2v) is 4.44. The Hall–Kier alpha value is -0.610. The molecule has 0 aromatic heterocycles. The van der Waals surface area contributed by atoms with Crippen LogP contribution in [0.4, 0.5) is 0 Å². The molecule has 0 heterocycles. The van der Waals surface area contributed by atoms with Crippen LogP contribution in [0.3, 0.4) is 0 Å². The second kappa shape index (κ2) is 4.58. The van der Waals surface area contributed by atoms with Gasteiger partial charge in [0.05, 0.1) is 12.6 Å². The minimum absolute atomic E-state index is 0.0669. The molecule has 0 bridgehead atoms. The first-order valence-electron chi connectivity index (χ1n) is 4.46. The quantitative estimate of drug-likeness (QED) is 0.577. The first kappa shape index (κ1) is 12.4. The van der Waals surface area contributed by atoms with Gasteiger partial charge in [-0.2, -0.15) is 0 Å². The van der Waals surface area contributed by atoms with Crippen LogP contribution < -0.4 is 11.1 Å².